The first-order chi connectivity index (χ1) is 9.67. The highest BCUT2D eigenvalue weighted by Gasteiger charge is 2.23. The lowest BCUT2D eigenvalue weighted by molar-refractivity contribution is 0.141. The maximum atomic E-state index is 5.18. The number of hydrogen-bond donors (Lipinski definition) is 2. The zero-order valence-electron chi connectivity index (χ0n) is 13.6. The number of aliphatic imine (C=N–C) groups is 1. The SMILES string of the molecule is CCNC(=NCC(C)C)NCC1CCCN1CCOC. The number of guanidine groups is 1. The van der Waals surface area contributed by atoms with Gasteiger partial charge in [0.2, 0.25) is 0 Å². The van der Waals surface area contributed by atoms with Crippen molar-refractivity contribution in [3.8, 4) is 0 Å². The molecule has 0 aliphatic carbocycles. The van der Waals surface area contributed by atoms with Gasteiger partial charge in [-0.3, -0.25) is 9.89 Å². The fourth-order valence-corrected chi connectivity index (χ4v) is 2.46. The molecule has 0 radical (unpaired) electrons. The maximum Gasteiger partial charge on any atom is 0.191 e. The number of hydrogen-bond acceptors (Lipinski definition) is 3. The minimum atomic E-state index is 0.593. The first-order valence-electron chi connectivity index (χ1n) is 7.92. The summed E-state index contributed by atoms with van der Waals surface area (Å²) in [6, 6.07) is 0.605. The van der Waals surface area contributed by atoms with Crippen LogP contribution in [0, 0.1) is 5.92 Å². The van der Waals surface area contributed by atoms with E-state index in [-0.39, 0.29) is 0 Å². The largest absolute Gasteiger partial charge is 0.383 e. The monoisotopic (exact) mass is 284 g/mol. The lowest BCUT2D eigenvalue weighted by atomic mass is 10.2. The van der Waals surface area contributed by atoms with Crippen LogP contribution in [0.15, 0.2) is 4.99 Å². The van der Waals surface area contributed by atoms with Gasteiger partial charge >= 0.3 is 0 Å². The van der Waals surface area contributed by atoms with Gasteiger partial charge in [0.05, 0.1) is 6.61 Å². The van der Waals surface area contributed by atoms with Gasteiger partial charge in [-0.1, -0.05) is 13.8 Å². The number of ether oxygens (including phenoxy) is 1. The van der Waals surface area contributed by atoms with Crippen LogP contribution in [0.5, 0.6) is 0 Å². The molecule has 0 aromatic carbocycles. The van der Waals surface area contributed by atoms with Crippen molar-refractivity contribution in [1.29, 1.82) is 0 Å². The molecule has 0 aromatic heterocycles. The summed E-state index contributed by atoms with van der Waals surface area (Å²) < 4.78 is 5.18. The van der Waals surface area contributed by atoms with E-state index in [2.05, 4.69) is 41.3 Å². The van der Waals surface area contributed by atoms with Gasteiger partial charge in [-0.05, 0) is 32.2 Å². The second-order valence-electron chi connectivity index (χ2n) is 5.82. The van der Waals surface area contributed by atoms with Crippen LogP contribution in [-0.2, 0) is 4.74 Å². The summed E-state index contributed by atoms with van der Waals surface area (Å²) in [5.74, 6) is 1.54. The van der Waals surface area contributed by atoms with Crippen molar-refractivity contribution >= 4 is 5.96 Å². The molecular weight excluding hydrogens is 252 g/mol. The number of methoxy groups -OCH3 is 1. The van der Waals surface area contributed by atoms with E-state index in [1.807, 2.05) is 0 Å². The summed E-state index contributed by atoms with van der Waals surface area (Å²) in [6.07, 6.45) is 2.55. The molecule has 20 heavy (non-hydrogen) atoms. The minimum Gasteiger partial charge on any atom is -0.383 e. The summed E-state index contributed by atoms with van der Waals surface area (Å²) in [5, 5.41) is 6.80. The quantitative estimate of drug-likeness (QED) is 0.521. The maximum absolute atomic E-state index is 5.18. The first kappa shape index (κ1) is 17.2. The van der Waals surface area contributed by atoms with Crippen molar-refractivity contribution in [2.24, 2.45) is 10.9 Å². The zero-order chi connectivity index (χ0) is 14.8. The molecule has 1 aliphatic rings. The fraction of sp³-hybridized carbons (Fsp3) is 0.933. The van der Waals surface area contributed by atoms with Gasteiger partial charge in [-0.15, -0.1) is 0 Å². The summed E-state index contributed by atoms with van der Waals surface area (Å²) >= 11 is 0. The molecule has 118 valence electrons. The van der Waals surface area contributed by atoms with E-state index in [0.29, 0.717) is 12.0 Å². The van der Waals surface area contributed by atoms with Crippen LogP contribution in [0.25, 0.3) is 0 Å². The van der Waals surface area contributed by atoms with Crippen LogP contribution < -0.4 is 10.6 Å². The molecule has 1 aliphatic heterocycles. The number of nitrogens with zero attached hydrogens (tertiary/aromatic N) is 2. The van der Waals surface area contributed by atoms with E-state index >= 15 is 0 Å². The lowest BCUT2D eigenvalue weighted by Crippen LogP contribution is -2.45. The summed E-state index contributed by atoms with van der Waals surface area (Å²) in [7, 11) is 1.77. The van der Waals surface area contributed by atoms with Crippen molar-refractivity contribution in [2.45, 2.75) is 39.7 Å². The molecule has 0 aromatic rings. The van der Waals surface area contributed by atoms with Gasteiger partial charge in [0, 0.05) is 39.3 Å². The standard InChI is InChI=1S/C15H32N4O/c1-5-16-15(17-11-13(2)3)18-12-14-7-6-8-19(14)9-10-20-4/h13-14H,5-12H2,1-4H3,(H2,16,17,18). The molecule has 0 saturated carbocycles. The Morgan fingerprint density at radius 3 is 2.85 bits per heavy atom. The van der Waals surface area contributed by atoms with Crippen molar-refractivity contribution in [2.75, 3.05) is 46.4 Å². The second-order valence-corrected chi connectivity index (χ2v) is 5.82. The van der Waals surface area contributed by atoms with Crippen molar-refractivity contribution in [1.82, 2.24) is 15.5 Å². The zero-order valence-corrected chi connectivity index (χ0v) is 13.6. The van der Waals surface area contributed by atoms with E-state index in [1.54, 1.807) is 7.11 Å². The van der Waals surface area contributed by atoms with E-state index in [4.69, 9.17) is 4.74 Å². The molecule has 1 fully saturated rings. The third-order valence-electron chi connectivity index (χ3n) is 3.55. The number of likely N-dealkylation sites (tertiary alicyclic amines) is 1. The summed E-state index contributed by atoms with van der Waals surface area (Å²) in [5.41, 5.74) is 0. The molecule has 0 spiro atoms. The smallest absolute Gasteiger partial charge is 0.191 e. The Morgan fingerprint density at radius 2 is 2.20 bits per heavy atom. The van der Waals surface area contributed by atoms with Crippen molar-refractivity contribution < 1.29 is 4.74 Å². The molecule has 5 heteroatoms. The average Bonchev–Trinajstić information content (AvgIpc) is 2.87. The minimum absolute atomic E-state index is 0.593. The third kappa shape index (κ3) is 6.57. The third-order valence-corrected chi connectivity index (χ3v) is 3.55. The normalized spacial score (nSPS) is 20.6. The van der Waals surface area contributed by atoms with Gasteiger partial charge in [0.25, 0.3) is 0 Å². The van der Waals surface area contributed by atoms with Crippen molar-refractivity contribution in [3.05, 3.63) is 0 Å². The van der Waals surface area contributed by atoms with Crippen LogP contribution in [0.1, 0.15) is 33.6 Å². The Hall–Kier alpha value is -0.810. The second kappa shape index (κ2) is 10.00. The van der Waals surface area contributed by atoms with Crippen LogP contribution in [-0.4, -0.2) is 63.3 Å². The highest BCUT2D eigenvalue weighted by molar-refractivity contribution is 5.79. The Morgan fingerprint density at radius 1 is 1.40 bits per heavy atom. The molecule has 5 nitrogen and oxygen atoms in total. The van der Waals surface area contributed by atoms with E-state index in [1.165, 1.54) is 19.4 Å². The predicted molar refractivity (Wildman–Crippen MR) is 85.3 cm³/mol. The fourth-order valence-electron chi connectivity index (χ4n) is 2.46. The van der Waals surface area contributed by atoms with Crippen LogP contribution in [0.2, 0.25) is 0 Å². The Bertz CT molecular complexity index is 281. The molecule has 2 N–H and O–H groups in total. The highest BCUT2D eigenvalue weighted by Crippen LogP contribution is 2.15. The van der Waals surface area contributed by atoms with Crippen LogP contribution in [0.3, 0.4) is 0 Å². The molecule has 1 rings (SSSR count). The van der Waals surface area contributed by atoms with E-state index in [9.17, 15) is 0 Å². The Kier molecular flexibility index (Phi) is 8.62. The van der Waals surface area contributed by atoms with Gasteiger partial charge in [0.1, 0.15) is 0 Å². The number of nitrogens with one attached hydrogen (secondary N) is 2. The lowest BCUT2D eigenvalue weighted by Gasteiger charge is -2.25. The molecule has 1 unspecified atom stereocenters. The van der Waals surface area contributed by atoms with E-state index < -0.39 is 0 Å². The molecule has 1 heterocycles. The molecule has 1 atom stereocenters. The first-order valence-corrected chi connectivity index (χ1v) is 7.92. The topological polar surface area (TPSA) is 48.9 Å². The number of rotatable bonds is 8. The van der Waals surface area contributed by atoms with Crippen molar-refractivity contribution in [3.63, 3.8) is 0 Å². The van der Waals surface area contributed by atoms with Gasteiger partial charge in [-0.25, -0.2) is 0 Å². The van der Waals surface area contributed by atoms with Crippen LogP contribution >= 0.6 is 0 Å². The Labute approximate surface area is 124 Å². The molecule has 0 amide bonds. The van der Waals surface area contributed by atoms with E-state index in [0.717, 1.165) is 38.7 Å². The highest BCUT2D eigenvalue weighted by atomic mass is 16.5. The summed E-state index contributed by atoms with van der Waals surface area (Å²) in [4.78, 5) is 7.13. The Balaban J connectivity index is 2.39. The van der Waals surface area contributed by atoms with Gasteiger partial charge in [-0.2, -0.15) is 0 Å². The molecule has 0 bridgehead atoms. The van der Waals surface area contributed by atoms with Crippen LogP contribution in [0.4, 0.5) is 0 Å². The summed E-state index contributed by atoms with van der Waals surface area (Å²) in [6.45, 7) is 12.3. The molecule has 1 saturated heterocycles. The molecular formula is C15H32N4O. The predicted octanol–water partition coefficient (Wildman–Crippen LogP) is 1.31. The van der Waals surface area contributed by atoms with Gasteiger partial charge < -0.3 is 15.4 Å². The van der Waals surface area contributed by atoms with Gasteiger partial charge in [0.15, 0.2) is 5.96 Å². The average molecular weight is 284 g/mol.